The third-order valence-electron chi connectivity index (χ3n) is 4.07. The molecule has 0 unspecified atom stereocenters. The van der Waals surface area contributed by atoms with Crippen molar-refractivity contribution in [3.63, 3.8) is 0 Å². The molecule has 0 aromatic heterocycles. The molecule has 0 radical (unpaired) electrons. The molecule has 0 heterocycles. The van der Waals surface area contributed by atoms with E-state index in [0.29, 0.717) is 6.54 Å². The first-order valence-corrected chi connectivity index (χ1v) is 9.41. The van der Waals surface area contributed by atoms with Crippen molar-refractivity contribution >= 4 is 15.7 Å². The molecule has 0 spiro atoms. The van der Waals surface area contributed by atoms with Gasteiger partial charge in [-0.3, -0.25) is 4.79 Å². The van der Waals surface area contributed by atoms with Crippen LogP contribution >= 0.6 is 0 Å². The number of hydrogen-bond donors (Lipinski definition) is 1. The Kier molecular flexibility index (Phi) is 6.77. The molecule has 0 saturated heterocycles. The zero-order valence-electron chi connectivity index (χ0n) is 14.8. The Balaban J connectivity index is 2.80. The summed E-state index contributed by atoms with van der Waals surface area (Å²) in [6.45, 7) is 7.02. The lowest BCUT2D eigenvalue weighted by Crippen LogP contribution is -2.43. The molecule has 1 amide bonds. The molecule has 0 aliphatic rings. The first kappa shape index (κ1) is 19.6. The Hall–Kier alpha value is -1.40. The van der Waals surface area contributed by atoms with Crippen LogP contribution in [-0.4, -0.2) is 50.4 Å². The van der Waals surface area contributed by atoms with Gasteiger partial charge in [0, 0.05) is 6.54 Å². The van der Waals surface area contributed by atoms with Crippen LogP contribution in [0.1, 0.15) is 37.9 Å². The van der Waals surface area contributed by atoms with E-state index in [1.54, 1.807) is 13.8 Å². The molecule has 1 aromatic carbocycles. The summed E-state index contributed by atoms with van der Waals surface area (Å²) in [6.07, 6.45) is 0. The zero-order chi connectivity index (χ0) is 17.8. The van der Waals surface area contributed by atoms with Gasteiger partial charge in [-0.1, -0.05) is 29.8 Å². The van der Waals surface area contributed by atoms with E-state index in [4.69, 9.17) is 0 Å². The van der Waals surface area contributed by atoms with Crippen LogP contribution in [0.3, 0.4) is 0 Å². The molecule has 1 aromatic rings. The maximum atomic E-state index is 12.2. The first-order valence-electron chi connectivity index (χ1n) is 7.80. The maximum Gasteiger partial charge on any atom is 0.238 e. The highest BCUT2D eigenvalue weighted by Gasteiger charge is 2.31. The van der Waals surface area contributed by atoms with E-state index in [1.165, 1.54) is 12.5 Å². The number of rotatable bonds is 7. The van der Waals surface area contributed by atoms with Crippen molar-refractivity contribution in [3.05, 3.63) is 35.4 Å². The van der Waals surface area contributed by atoms with Crippen molar-refractivity contribution in [2.45, 2.75) is 44.2 Å². The molecule has 1 rings (SSSR count). The number of nitrogens with zero attached hydrogens (tertiary/aromatic N) is 1. The Bertz CT molecular complexity index is 622. The molecule has 0 aliphatic carbocycles. The van der Waals surface area contributed by atoms with Crippen LogP contribution in [0, 0.1) is 6.92 Å². The Morgan fingerprint density at radius 2 is 1.65 bits per heavy atom. The van der Waals surface area contributed by atoms with Crippen molar-refractivity contribution in [3.8, 4) is 0 Å². The lowest BCUT2D eigenvalue weighted by atomic mass is 10.0. The van der Waals surface area contributed by atoms with Crippen molar-refractivity contribution in [2.24, 2.45) is 0 Å². The lowest BCUT2D eigenvalue weighted by molar-refractivity contribution is -0.120. The molecule has 0 saturated carbocycles. The third-order valence-corrected chi connectivity index (χ3v) is 6.59. The molecule has 5 nitrogen and oxygen atoms in total. The van der Waals surface area contributed by atoms with Crippen molar-refractivity contribution in [1.29, 1.82) is 0 Å². The van der Waals surface area contributed by atoms with Gasteiger partial charge in [-0.15, -0.1) is 0 Å². The second kappa shape index (κ2) is 7.93. The Morgan fingerprint density at radius 1 is 1.13 bits per heavy atom. The summed E-state index contributed by atoms with van der Waals surface area (Å²) < 4.78 is 24.2. The number of carbonyl (C=O) groups is 1. The minimum absolute atomic E-state index is 0.00601. The maximum absolute atomic E-state index is 12.2. The lowest BCUT2D eigenvalue weighted by Gasteiger charge is -2.26. The van der Waals surface area contributed by atoms with Crippen molar-refractivity contribution < 1.29 is 13.2 Å². The molecule has 2 atom stereocenters. The largest absolute Gasteiger partial charge is 0.353 e. The predicted octanol–water partition coefficient (Wildman–Crippen LogP) is 1.93. The summed E-state index contributed by atoms with van der Waals surface area (Å²) in [5.41, 5.74) is 2.26. The molecule has 23 heavy (non-hydrogen) atoms. The smallest absolute Gasteiger partial charge is 0.238 e. The minimum atomic E-state index is -3.44. The van der Waals surface area contributed by atoms with Crippen LogP contribution in [0.4, 0.5) is 0 Å². The number of nitrogens with one attached hydrogen (secondary N) is 1. The Labute approximate surface area is 140 Å². The quantitative estimate of drug-likeness (QED) is 0.823. The van der Waals surface area contributed by atoms with Gasteiger partial charge < -0.3 is 10.2 Å². The van der Waals surface area contributed by atoms with Gasteiger partial charge >= 0.3 is 0 Å². The number of benzene rings is 1. The monoisotopic (exact) mass is 340 g/mol. The highest BCUT2D eigenvalue weighted by molar-refractivity contribution is 7.93. The standard InChI is InChI=1S/C17H28N2O3S/c1-12(2)23(21,22)14(4)17(20)18-11-16(19(5)6)15-9-7-13(3)8-10-15/h7-10,12,14,16H,11H2,1-6H3,(H,18,20)/t14-,16+/m1/s1. The summed E-state index contributed by atoms with van der Waals surface area (Å²) in [4.78, 5) is 14.2. The molecule has 130 valence electrons. The first-order chi connectivity index (χ1) is 10.6. The zero-order valence-corrected chi connectivity index (χ0v) is 15.6. The molecular weight excluding hydrogens is 312 g/mol. The molecule has 0 bridgehead atoms. The van der Waals surface area contributed by atoms with Gasteiger partial charge in [-0.05, 0) is 47.4 Å². The van der Waals surface area contributed by atoms with E-state index in [2.05, 4.69) is 5.32 Å². The fourth-order valence-electron chi connectivity index (χ4n) is 2.29. The van der Waals surface area contributed by atoms with Gasteiger partial charge in [0.1, 0.15) is 5.25 Å². The third kappa shape index (κ3) is 5.04. The number of aryl methyl sites for hydroxylation is 1. The number of amides is 1. The molecule has 1 N–H and O–H groups in total. The summed E-state index contributed by atoms with van der Waals surface area (Å²) in [5, 5.41) is 1.17. The van der Waals surface area contributed by atoms with Gasteiger partial charge in [-0.25, -0.2) is 8.42 Å². The summed E-state index contributed by atoms with van der Waals surface area (Å²) >= 11 is 0. The highest BCUT2D eigenvalue weighted by Crippen LogP contribution is 2.18. The van der Waals surface area contributed by atoms with Crippen LogP contribution in [0.5, 0.6) is 0 Å². The van der Waals surface area contributed by atoms with E-state index in [1.807, 2.05) is 50.2 Å². The number of hydrogen-bond acceptors (Lipinski definition) is 4. The number of carbonyl (C=O) groups excluding carboxylic acids is 1. The summed E-state index contributed by atoms with van der Waals surface area (Å²) in [6, 6.07) is 8.10. The second-order valence-electron chi connectivity index (χ2n) is 6.42. The highest BCUT2D eigenvalue weighted by atomic mass is 32.2. The number of likely N-dealkylation sites (N-methyl/N-ethyl adjacent to an activating group) is 1. The van der Waals surface area contributed by atoms with Gasteiger partial charge in [0.25, 0.3) is 0 Å². The average molecular weight is 340 g/mol. The van der Waals surface area contributed by atoms with Crippen LogP contribution in [0.2, 0.25) is 0 Å². The molecular formula is C17H28N2O3S. The van der Waals surface area contributed by atoms with Crippen LogP contribution in [0.15, 0.2) is 24.3 Å². The number of sulfone groups is 1. The van der Waals surface area contributed by atoms with Crippen molar-refractivity contribution in [1.82, 2.24) is 10.2 Å². The fraction of sp³-hybridized carbons (Fsp3) is 0.588. The van der Waals surface area contributed by atoms with Gasteiger partial charge in [0.2, 0.25) is 5.91 Å². The topological polar surface area (TPSA) is 66.5 Å². The van der Waals surface area contributed by atoms with E-state index in [0.717, 1.165) is 5.56 Å². The second-order valence-corrected chi connectivity index (χ2v) is 9.24. The molecule has 6 heteroatoms. The van der Waals surface area contributed by atoms with Gasteiger partial charge in [-0.2, -0.15) is 0 Å². The van der Waals surface area contributed by atoms with Crippen LogP contribution < -0.4 is 5.32 Å². The average Bonchev–Trinajstić information content (AvgIpc) is 2.47. The van der Waals surface area contributed by atoms with Crippen molar-refractivity contribution in [2.75, 3.05) is 20.6 Å². The van der Waals surface area contributed by atoms with Crippen LogP contribution in [-0.2, 0) is 14.6 Å². The molecule has 0 fully saturated rings. The minimum Gasteiger partial charge on any atom is -0.353 e. The summed E-state index contributed by atoms with van der Waals surface area (Å²) in [5.74, 6) is -0.447. The summed E-state index contributed by atoms with van der Waals surface area (Å²) in [7, 11) is 0.431. The van der Waals surface area contributed by atoms with Crippen LogP contribution in [0.25, 0.3) is 0 Å². The Morgan fingerprint density at radius 3 is 2.09 bits per heavy atom. The van der Waals surface area contributed by atoms with Gasteiger partial charge in [0.05, 0.1) is 11.3 Å². The van der Waals surface area contributed by atoms with E-state index in [9.17, 15) is 13.2 Å². The van der Waals surface area contributed by atoms with E-state index in [-0.39, 0.29) is 6.04 Å². The normalized spacial score (nSPS) is 14.8. The fourth-order valence-corrected chi connectivity index (χ4v) is 3.48. The van der Waals surface area contributed by atoms with Gasteiger partial charge in [0.15, 0.2) is 9.84 Å². The predicted molar refractivity (Wildman–Crippen MR) is 94.1 cm³/mol. The van der Waals surface area contributed by atoms with E-state index >= 15 is 0 Å². The molecule has 0 aliphatic heterocycles. The van der Waals surface area contributed by atoms with E-state index < -0.39 is 26.2 Å². The SMILES string of the molecule is Cc1ccc([C@H](CNC(=O)[C@@H](C)S(=O)(=O)C(C)C)N(C)C)cc1.